The number of nitrogens with zero attached hydrogens (tertiary/aromatic N) is 1. The second-order valence-corrected chi connectivity index (χ2v) is 5.11. The Balaban J connectivity index is 2.07. The predicted octanol–water partition coefficient (Wildman–Crippen LogP) is 3.30. The highest BCUT2D eigenvalue weighted by Gasteiger charge is 2.21. The third kappa shape index (κ3) is 2.79. The van der Waals surface area contributed by atoms with E-state index in [1.165, 1.54) is 11.1 Å². The molecule has 1 aliphatic rings. The topological polar surface area (TPSA) is 3.24 Å². The van der Waals surface area contributed by atoms with Crippen LogP contribution in [0.1, 0.15) is 17.5 Å². The lowest BCUT2D eigenvalue weighted by atomic mass is 10.1. The molecule has 82 valence electrons. The van der Waals surface area contributed by atoms with Gasteiger partial charge in [-0.25, -0.2) is 4.39 Å². The highest BCUT2D eigenvalue weighted by atomic mass is 79.9. The van der Waals surface area contributed by atoms with Gasteiger partial charge in [-0.3, -0.25) is 4.90 Å². The molecule has 0 amide bonds. The van der Waals surface area contributed by atoms with Crippen LogP contribution >= 0.6 is 15.9 Å². The predicted molar refractivity (Wildman–Crippen MR) is 63.7 cm³/mol. The fourth-order valence-corrected chi connectivity index (χ4v) is 2.39. The minimum Gasteiger partial charge on any atom is -0.296 e. The van der Waals surface area contributed by atoms with E-state index in [-0.39, 0.29) is 0 Å². The molecule has 15 heavy (non-hydrogen) atoms. The summed E-state index contributed by atoms with van der Waals surface area (Å²) in [4.78, 5) is 2.18. The third-order valence-electron chi connectivity index (χ3n) is 2.92. The van der Waals surface area contributed by atoms with E-state index in [0.29, 0.717) is 13.0 Å². The number of halogens is 2. The smallest absolute Gasteiger partial charge is 0.114 e. The number of benzene rings is 1. The van der Waals surface area contributed by atoms with Gasteiger partial charge >= 0.3 is 0 Å². The molecular formula is C12H15BrFN. The molecular weight excluding hydrogens is 257 g/mol. The number of hydrogen-bond donors (Lipinski definition) is 0. The Labute approximate surface area is 98.4 Å². The van der Waals surface area contributed by atoms with Crippen molar-refractivity contribution < 1.29 is 4.39 Å². The van der Waals surface area contributed by atoms with E-state index in [9.17, 15) is 4.39 Å². The number of hydrogen-bond acceptors (Lipinski definition) is 1. The first kappa shape index (κ1) is 11.1. The minimum absolute atomic E-state index is 0.589. The van der Waals surface area contributed by atoms with Crippen molar-refractivity contribution in [2.75, 3.05) is 13.1 Å². The van der Waals surface area contributed by atoms with Gasteiger partial charge in [0.15, 0.2) is 0 Å². The fourth-order valence-electron chi connectivity index (χ4n) is 1.98. The van der Waals surface area contributed by atoms with E-state index >= 15 is 0 Å². The van der Waals surface area contributed by atoms with Crippen molar-refractivity contribution in [3.63, 3.8) is 0 Å². The second-order valence-electron chi connectivity index (χ2n) is 4.19. The van der Waals surface area contributed by atoms with Crippen LogP contribution in [0, 0.1) is 6.92 Å². The van der Waals surface area contributed by atoms with Crippen molar-refractivity contribution in [1.29, 1.82) is 0 Å². The molecule has 0 saturated carbocycles. The molecule has 1 saturated heterocycles. The average Bonchev–Trinajstić information content (AvgIpc) is 2.58. The first-order valence-corrected chi connectivity index (χ1v) is 6.06. The van der Waals surface area contributed by atoms with Crippen LogP contribution < -0.4 is 0 Å². The zero-order valence-electron chi connectivity index (χ0n) is 8.84. The van der Waals surface area contributed by atoms with E-state index in [1.807, 2.05) is 6.07 Å². The zero-order valence-corrected chi connectivity index (χ0v) is 10.4. The summed E-state index contributed by atoms with van der Waals surface area (Å²) in [5.74, 6) is 0. The molecule has 1 nitrogen and oxygen atoms in total. The quantitative estimate of drug-likeness (QED) is 0.798. The third-order valence-corrected chi connectivity index (χ3v) is 3.41. The molecule has 0 bridgehead atoms. The number of likely N-dealkylation sites (tertiary alicyclic amines) is 1. The van der Waals surface area contributed by atoms with E-state index < -0.39 is 6.17 Å². The number of rotatable bonds is 2. The first-order chi connectivity index (χ1) is 7.15. The van der Waals surface area contributed by atoms with Crippen molar-refractivity contribution in [1.82, 2.24) is 4.90 Å². The van der Waals surface area contributed by atoms with Crippen LogP contribution in [0.4, 0.5) is 4.39 Å². The molecule has 1 aliphatic heterocycles. The maximum absolute atomic E-state index is 13.0. The Morgan fingerprint density at radius 3 is 3.00 bits per heavy atom. The highest BCUT2D eigenvalue weighted by molar-refractivity contribution is 9.10. The molecule has 2 rings (SSSR count). The van der Waals surface area contributed by atoms with Gasteiger partial charge in [0.05, 0.1) is 0 Å². The van der Waals surface area contributed by atoms with E-state index in [1.54, 1.807) is 0 Å². The van der Waals surface area contributed by atoms with E-state index in [4.69, 9.17) is 0 Å². The molecule has 0 radical (unpaired) electrons. The first-order valence-electron chi connectivity index (χ1n) is 5.26. The van der Waals surface area contributed by atoms with Crippen molar-refractivity contribution in [2.45, 2.75) is 26.1 Å². The van der Waals surface area contributed by atoms with Crippen LogP contribution in [0.15, 0.2) is 22.7 Å². The normalized spacial score (nSPS) is 22.2. The van der Waals surface area contributed by atoms with Crippen molar-refractivity contribution in [3.8, 4) is 0 Å². The van der Waals surface area contributed by atoms with Crippen LogP contribution in [0.2, 0.25) is 0 Å². The SMILES string of the molecule is Cc1ccc(Br)cc1CN1CCC(F)C1. The molecule has 1 heterocycles. The molecule has 1 aromatic rings. The van der Waals surface area contributed by atoms with Crippen molar-refractivity contribution in [3.05, 3.63) is 33.8 Å². The summed E-state index contributed by atoms with van der Waals surface area (Å²) < 4.78 is 14.1. The Bertz CT molecular complexity index is 353. The summed E-state index contributed by atoms with van der Waals surface area (Å²) in [7, 11) is 0. The lowest BCUT2D eigenvalue weighted by molar-refractivity contribution is 0.282. The monoisotopic (exact) mass is 271 g/mol. The molecule has 0 aromatic heterocycles. The lowest BCUT2D eigenvalue weighted by Gasteiger charge is -2.16. The van der Waals surface area contributed by atoms with Gasteiger partial charge in [-0.2, -0.15) is 0 Å². The summed E-state index contributed by atoms with van der Waals surface area (Å²) in [6, 6.07) is 6.27. The Morgan fingerprint density at radius 2 is 2.33 bits per heavy atom. The van der Waals surface area contributed by atoms with E-state index in [0.717, 1.165) is 17.6 Å². The van der Waals surface area contributed by atoms with Gasteiger partial charge in [0.1, 0.15) is 6.17 Å². The summed E-state index contributed by atoms with van der Waals surface area (Å²) in [6.07, 6.45) is 0.0602. The van der Waals surface area contributed by atoms with Crippen LogP contribution in [0.3, 0.4) is 0 Å². The molecule has 0 aliphatic carbocycles. The van der Waals surface area contributed by atoms with Gasteiger partial charge in [-0.1, -0.05) is 22.0 Å². The lowest BCUT2D eigenvalue weighted by Crippen LogP contribution is -2.20. The molecule has 0 spiro atoms. The summed E-state index contributed by atoms with van der Waals surface area (Å²) in [5.41, 5.74) is 2.57. The van der Waals surface area contributed by atoms with Gasteiger partial charge in [0.2, 0.25) is 0 Å². The number of aryl methyl sites for hydroxylation is 1. The second kappa shape index (κ2) is 4.62. The van der Waals surface area contributed by atoms with Crippen LogP contribution in [-0.4, -0.2) is 24.2 Å². The largest absolute Gasteiger partial charge is 0.296 e. The molecule has 1 unspecified atom stereocenters. The summed E-state index contributed by atoms with van der Waals surface area (Å²) >= 11 is 3.46. The highest BCUT2D eigenvalue weighted by Crippen LogP contribution is 2.20. The standard InChI is InChI=1S/C12H15BrFN/c1-9-2-3-11(13)6-10(9)7-15-5-4-12(14)8-15/h2-3,6,12H,4-5,7-8H2,1H3. The van der Waals surface area contributed by atoms with E-state index in [2.05, 4.69) is 39.9 Å². The maximum Gasteiger partial charge on any atom is 0.114 e. The molecule has 1 fully saturated rings. The van der Waals surface area contributed by atoms with Crippen molar-refractivity contribution >= 4 is 15.9 Å². The maximum atomic E-state index is 13.0. The van der Waals surface area contributed by atoms with Crippen molar-refractivity contribution in [2.24, 2.45) is 0 Å². The summed E-state index contributed by atoms with van der Waals surface area (Å²) in [6.45, 7) is 4.44. The fraction of sp³-hybridized carbons (Fsp3) is 0.500. The van der Waals surface area contributed by atoms with Gasteiger partial charge in [0, 0.05) is 24.1 Å². The zero-order chi connectivity index (χ0) is 10.8. The average molecular weight is 272 g/mol. The number of alkyl halides is 1. The minimum atomic E-state index is -0.627. The molecule has 3 heteroatoms. The van der Waals surface area contributed by atoms with Gasteiger partial charge < -0.3 is 0 Å². The molecule has 0 N–H and O–H groups in total. The Morgan fingerprint density at radius 1 is 1.53 bits per heavy atom. The van der Waals surface area contributed by atoms with Gasteiger partial charge in [-0.05, 0) is 36.6 Å². The Hall–Kier alpha value is -0.410. The van der Waals surface area contributed by atoms with Gasteiger partial charge in [-0.15, -0.1) is 0 Å². The van der Waals surface area contributed by atoms with Crippen LogP contribution in [0.25, 0.3) is 0 Å². The summed E-state index contributed by atoms with van der Waals surface area (Å²) in [5, 5.41) is 0. The van der Waals surface area contributed by atoms with Crippen LogP contribution in [-0.2, 0) is 6.54 Å². The Kier molecular flexibility index (Phi) is 3.42. The van der Waals surface area contributed by atoms with Crippen LogP contribution in [0.5, 0.6) is 0 Å². The van der Waals surface area contributed by atoms with Gasteiger partial charge in [0.25, 0.3) is 0 Å². The molecule has 1 atom stereocenters. The molecule has 1 aromatic carbocycles.